The predicted octanol–water partition coefficient (Wildman–Crippen LogP) is 2.42. The van der Waals surface area contributed by atoms with Crippen molar-refractivity contribution in [2.24, 2.45) is 0 Å². The maximum Gasteiger partial charge on any atom is 0.251 e. The molecule has 22 heavy (non-hydrogen) atoms. The first-order valence-electron chi connectivity index (χ1n) is 7.18. The number of aryl methyl sites for hydroxylation is 1. The summed E-state index contributed by atoms with van der Waals surface area (Å²) in [5.74, 6) is 0.628. The fraction of sp³-hybridized carbons (Fsp3) is 0.400. The molecule has 0 bridgehead atoms. The van der Waals surface area contributed by atoms with E-state index >= 15 is 0 Å². The average molecular weight is 321 g/mol. The van der Waals surface area contributed by atoms with Gasteiger partial charge in [-0.05, 0) is 43.5 Å². The van der Waals surface area contributed by atoms with Gasteiger partial charge in [-0.2, -0.15) is 5.10 Å². The van der Waals surface area contributed by atoms with Gasteiger partial charge in [0.15, 0.2) is 5.82 Å². The van der Waals surface area contributed by atoms with Crippen LogP contribution in [0.3, 0.4) is 0 Å². The maximum atomic E-state index is 12.2. The van der Waals surface area contributed by atoms with Gasteiger partial charge in [0.25, 0.3) is 5.91 Å². The molecule has 0 spiro atoms. The topological polar surface area (TPSA) is 79.9 Å². The van der Waals surface area contributed by atoms with E-state index in [1.807, 2.05) is 6.92 Å². The van der Waals surface area contributed by atoms with Crippen LogP contribution in [-0.2, 0) is 4.74 Å². The Morgan fingerprint density at radius 2 is 2.36 bits per heavy atom. The highest BCUT2D eigenvalue weighted by Gasteiger charge is 2.28. The molecule has 7 heteroatoms. The van der Waals surface area contributed by atoms with E-state index in [2.05, 4.69) is 20.5 Å². The predicted molar refractivity (Wildman–Crippen MR) is 81.8 cm³/mol. The molecule has 2 heterocycles. The summed E-state index contributed by atoms with van der Waals surface area (Å²) in [6, 6.07) is 5.23. The number of H-pyrrole nitrogens is 1. The van der Waals surface area contributed by atoms with Gasteiger partial charge in [-0.1, -0.05) is 11.6 Å². The van der Waals surface area contributed by atoms with E-state index in [0.29, 0.717) is 17.1 Å². The molecule has 3 rings (SSSR count). The van der Waals surface area contributed by atoms with E-state index in [1.54, 1.807) is 18.2 Å². The molecule has 1 aliphatic rings. The van der Waals surface area contributed by atoms with E-state index in [4.69, 9.17) is 16.3 Å². The fourth-order valence-corrected chi connectivity index (χ4v) is 2.84. The number of nitrogens with zero attached hydrogens (tertiary/aromatic N) is 2. The number of halogens is 1. The third-order valence-electron chi connectivity index (χ3n) is 3.77. The molecule has 2 atom stereocenters. The third kappa shape index (κ3) is 3.28. The minimum atomic E-state index is -0.110. The number of carbonyl (C=O) groups excluding carboxylic acids is 1. The number of benzene rings is 1. The molecule has 1 amide bonds. The molecule has 0 unspecified atom stereocenters. The van der Waals surface area contributed by atoms with Gasteiger partial charge in [0.05, 0.1) is 6.10 Å². The highest BCUT2D eigenvalue weighted by molar-refractivity contribution is 6.30. The first-order chi connectivity index (χ1) is 10.6. The van der Waals surface area contributed by atoms with Crippen molar-refractivity contribution in [3.63, 3.8) is 0 Å². The van der Waals surface area contributed by atoms with Gasteiger partial charge in [-0.3, -0.25) is 9.89 Å². The molecule has 1 aromatic heterocycles. The van der Waals surface area contributed by atoms with E-state index < -0.39 is 0 Å². The monoisotopic (exact) mass is 320 g/mol. The maximum absolute atomic E-state index is 12.2. The Morgan fingerprint density at radius 3 is 3.09 bits per heavy atom. The third-order valence-corrected chi connectivity index (χ3v) is 4.00. The van der Waals surface area contributed by atoms with Gasteiger partial charge in [-0.25, -0.2) is 4.98 Å². The Morgan fingerprint density at radius 1 is 1.50 bits per heavy atom. The van der Waals surface area contributed by atoms with Crippen molar-refractivity contribution in [2.45, 2.75) is 32.0 Å². The highest BCUT2D eigenvalue weighted by atomic mass is 35.5. The lowest BCUT2D eigenvalue weighted by Crippen LogP contribution is -2.32. The lowest BCUT2D eigenvalue weighted by atomic mass is 10.1. The summed E-state index contributed by atoms with van der Waals surface area (Å²) in [7, 11) is 0. The van der Waals surface area contributed by atoms with Crippen molar-refractivity contribution in [3.8, 4) is 0 Å². The molecule has 2 N–H and O–H groups in total. The number of aromatic amines is 1. The zero-order valence-electron chi connectivity index (χ0n) is 12.2. The summed E-state index contributed by atoms with van der Waals surface area (Å²) in [5, 5.41) is 10.2. The van der Waals surface area contributed by atoms with Crippen LogP contribution in [0.5, 0.6) is 0 Å². The van der Waals surface area contributed by atoms with E-state index in [0.717, 1.165) is 24.2 Å². The van der Waals surface area contributed by atoms with Gasteiger partial charge in [0.2, 0.25) is 0 Å². The smallest absolute Gasteiger partial charge is 0.251 e. The molecular weight excluding hydrogens is 304 g/mol. The summed E-state index contributed by atoms with van der Waals surface area (Å²) >= 11 is 5.90. The Bertz CT molecular complexity index is 660. The van der Waals surface area contributed by atoms with Crippen LogP contribution in [0, 0.1) is 6.92 Å². The second-order valence-electron chi connectivity index (χ2n) is 5.36. The van der Waals surface area contributed by atoms with Crippen molar-refractivity contribution < 1.29 is 9.53 Å². The molecule has 1 aliphatic heterocycles. The van der Waals surface area contributed by atoms with Gasteiger partial charge in [-0.15, -0.1) is 0 Å². The second kappa shape index (κ2) is 6.46. The van der Waals surface area contributed by atoms with E-state index in [-0.39, 0.29) is 18.1 Å². The summed E-state index contributed by atoms with van der Waals surface area (Å²) in [5.41, 5.74) is 1.49. The fourth-order valence-electron chi connectivity index (χ4n) is 2.61. The molecular formula is C15H17ClN4O2. The van der Waals surface area contributed by atoms with Crippen LogP contribution in [0.1, 0.15) is 40.7 Å². The quantitative estimate of drug-likeness (QED) is 0.906. The van der Waals surface area contributed by atoms with Crippen molar-refractivity contribution in [3.05, 3.63) is 46.5 Å². The summed E-state index contributed by atoms with van der Waals surface area (Å²) in [6.45, 7) is 2.35. The van der Waals surface area contributed by atoms with Crippen LogP contribution < -0.4 is 5.32 Å². The number of hydrogen-bond donors (Lipinski definition) is 2. The molecule has 0 saturated carbocycles. The molecule has 6 nitrogen and oxygen atoms in total. The average Bonchev–Trinajstić information content (AvgIpc) is 3.16. The number of hydrogen-bond acceptors (Lipinski definition) is 4. The number of amides is 1. The first kappa shape index (κ1) is 15.0. The van der Waals surface area contributed by atoms with Crippen LogP contribution in [-0.4, -0.2) is 33.7 Å². The Hall–Kier alpha value is -1.92. The SMILES string of the molecule is Cc1cc(Cl)ccc1C(=O)NC[C@H]1CC[C@@H](c2ncn[nH]2)O1. The van der Waals surface area contributed by atoms with Crippen LogP contribution in [0.4, 0.5) is 0 Å². The summed E-state index contributed by atoms with van der Waals surface area (Å²) < 4.78 is 5.87. The van der Waals surface area contributed by atoms with Gasteiger partial charge in [0, 0.05) is 17.1 Å². The second-order valence-corrected chi connectivity index (χ2v) is 5.80. The van der Waals surface area contributed by atoms with Gasteiger partial charge < -0.3 is 10.1 Å². The summed E-state index contributed by atoms with van der Waals surface area (Å²) in [6.07, 6.45) is 3.14. The standard InChI is InChI=1S/C15H17ClN4O2/c1-9-6-10(16)2-4-12(9)15(21)17-7-11-3-5-13(22-11)14-18-8-19-20-14/h2,4,6,8,11,13H,3,5,7H2,1H3,(H,17,21)(H,18,19,20)/t11-,13+/m1/s1. The van der Waals surface area contributed by atoms with Crippen LogP contribution in [0.25, 0.3) is 0 Å². The highest BCUT2D eigenvalue weighted by Crippen LogP contribution is 2.30. The zero-order valence-corrected chi connectivity index (χ0v) is 12.9. The van der Waals surface area contributed by atoms with Gasteiger partial charge in [0.1, 0.15) is 12.4 Å². The van der Waals surface area contributed by atoms with Crippen molar-refractivity contribution in [1.82, 2.24) is 20.5 Å². The normalized spacial score (nSPS) is 21.0. The minimum Gasteiger partial charge on any atom is -0.365 e. The Kier molecular flexibility index (Phi) is 4.40. The number of aromatic nitrogens is 3. The number of ether oxygens (including phenoxy) is 1. The van der Waals surface area contributed by atoms with Crippen LogP contribution in [0.15, 0.2) is 24.5 Å². The van der Waals surface area contributed by atoms with E-state index in [1.165, 1.54) is 6.33 Å². The Labute approximate surface area is 133 Å². The lowest BCUT2D eigenvalue weighted by molar-refractivity contribution is 0.0392. The molecule has 1 aromatic carbocycles. The number of rotatable bonds is 4. The minimum absolute atomic E-state index is 0.00773. The zero-order chi connectivity index (χ0) is 15.5. The van der Waals surface area contributed by atoms with Crippen LogP contribution >= 0.6 is 11.6 Å². The van der Waals surface area contributed by atoms with Gasteiger partial charge >= 0.3 is 0 Å². The largest absolute Gasteiger partial charge is 0.365 e. The number of carbonyl (C=O) groups is 1. The summed E-state index contributed by atoms with van der Waals surface area (Å²) in [4.78, 5) is 16.3. The molecule has 1 fully saturated rings. The van der Waals surface area contributed by atoms with E-state index in [9.17, 15) is 4.79 Å². The van der Waals surface area contributed by atoms with Crippen molar-refractivity contribution in [1.29, 1.82) is 0 Å². The molecule has 1 saturated heterocycles. The van der Waals surface area contributed by atoms with Crippen molar-refractivity contribution >= 4 is 17.5 Å². The Balaban J connectivity index is 1.54. The molecule has 0 radical (unpaired) electrons. The van der Waals surface area contributed by atoms with Crippen LogP contribution in [0.2, 0.25) is 5.02 Å². The lowest BCUT2D eigenvalue weighted by Gasteiger charge is -2.14. The molecule has 2 aromatic rings. The molecule has 116 valence electrons. The number of nitrogens with one attached hydrogen (secondary N) is 2. The first-order valence-corrected chi connectivity index (χ1v) is 7.56. The molecule has 0 aliphatic carbocycles. The van der Waals surface area contributed by atoms with Crippen molar-refractivity contribution in [2.75, 3.05) is 6.54 Å².